The molecule has 1 aliphatic rings. The number of nitrogens with one attached hydrogen (secondary N) is 1. The average Bonchev–Trinajstić information content (AvgIpc) is 2.55. The van der Waals surface area contributed by atoms with Crippen LogP contribution in [0.2, 0.25) is 0 Å². The smallest absolute Gasteiger partial charge is 0.161 e. The Balaban J connectivity index is 2.04. The average molecular weight is 301 g/mol. The summed E-state index contributed by atoms with van der Waals surface area (Å²) >= 11 is 0. The van der Waals surface area contributed by atoms with Crippen LogP contribution >= 0.6 is 0 Å². The molecule has 1 heterocycles. The van der Waals surface area contributed by atoms with Crippen LogP contribution in [0.25, 0.3) is 0 Å². The predicted octanol–water partition coefficient (Wildman–Crippen LogP) is 3.47. The van der Waals surface area contributed by atoms with Crippen molar-refractivity contribution in [2.75, 3.05) is 20.3 Å². The molecule has 0 spiro atoms. The van der Waals surface area contributed by atoms with Gasteiger partial charge in [0.15, 0.2) is 11.5 Å². The van der Waals surface area contributed by atoms with E-state index in [1.807, 2.05) is 25.1 Å². The molecule has 0 radical (unpaired) electrons. The molecule has 2 aromatic carbocycles. The quantitative estimate of drug-likeness (QED) is 0.938. The fourth-order valence-corrected chi connectivity index (χ4v) is 2.94. The number of rotatable bonds is 4. The van der Waals surface area contributed by atoms with Crippen molar-refractivity contribution in [2.45, 2.75) is 19.4 Å². The van der Waals surface area contributed by atoms with Crippen molar-refractivity contribution in [3.63, 3.8) is 0 Å². The lowest BCUT2D eigenvalue weighted by Crippen LogP contribution is -2.30. The van der Waals surface area contributed by atoms with Crippen LogP contribution in [-0.2, 0) is 6.42 Å². The van der Waals surface area contributed by atoms with Gasteiger partial charge in [0.2, 0.25) is 0 Å². The zero-order valence-corrected chi connectivity index (χ0v) is 12.9. The number of methoxy groups -OCH3 is 1. The summed E-state index contributed by atoms with van der Waals surface area (Å²) in [5.41, 5.74) is 3.46. The van der Waals surface area contributed by atoms with E-state index in [2.05, 4.69) is 11.4 Å². The van der Waals surface area contributed by atoms with Crippen molar-refractivity contribution < 1.29 is 13.9 Å². The van der Waals surface area contributed by atoms with Gasteiger partial charge in [0.25, 0.3) is 0 Å². The number of halogens is 1. The lowest BCUT2D eigenvalue weighted by Gasteiger charge is -2.28. The molecule has 0 fully saturated rings. The van der Waals surface area contributed by atoms with Gasteiger partial charge < -0.3 is 14.8 Å². The molecule has 4 heteroatoms. The molecule has 2 aromatic rings. The molecule has 1 aliphatic heterocycles. The van der Waals surface area contributed by atoms with E-state index >= 15 is 0 Å². The summed E-state index contributed by atoms with van der Waals surface area (Å²) in [6.45, 7) is 3.42. The lowest BCUT2D eigenvalue weighted by atomic mass is 9.89. The summed E-state index contributed by atoms with van der Waals surface area (Å²) < 4.78 is 24.3. The normalized spacial score (nSPS) is 17.0. The van der Waals surface area contributed by atoms with E-state index < -0.39 is 0 Å². The van der Waals surface area contributed by atoms with Crippen LogP contribution in [0.1, 0.15) is 29.7 Å². The summed E-state index contributed by atoms with van der Waals surface area (Å²) in [6, 6.07) is 10.8. The number of benzene rings is 2. The summed E-state index contributed by atoms with van der Waals surface area (Å²) in [7, 11) is 1.66. The molecule has 0 aliphatic carbocycles. The standard InChI is InChI=1S/C18H20FNO2/c1-3-22-17-11-15-13(10-16(17)21-2)8-9-20-18(15)12-4-6-14(19)7-5-12/h4-7,10-11,18,20H,3,8-9H2,1-2H3. The molecule has 3 rings (SSSR count). The van der Waals surface area contributed by atoms with Gasteiger partial charge in [-0.05, 0) is 54.3 Å². The second kappa shape index (κ2) is 6.36. The van der Waals surface area contributed by atoms with Crippen LogP contribution in [0.5, 0.6) is 11.5 Å². The Bertz CT molecular complexity index is 655. The van der Waals surface area contributed by atoms with E-state index in [0.717, 1.165) is 30.0 Å². The highest BCUT2D eigenvalue weighted by molar-refractivity contribution is 5.51. The Morgan fingerprint density at radius 2 is 1.95 bits per heavy atom. The third kappa shape index (κ3) is 2.79. The zero-order chi connectivity index (χ0) is 15.5. The second-order valence-corrected chi connectivity index (χ2v) is 5.32. The number of hydrogen-bond acceptors (Lipinski definition) is 3. The summed E-state index contributed by atoms with van der Waals surface area (Å²) in [6.07, 6.45) is 0.940. The van der Waals surface area contributed by atoms with E-state index in [1.54, 1.807) is 7.11 Å². The maximum atomic E-state index is 13.2. The van der Waals surface area contributed by atoms with Crippen molar-refractivity contribution in [1.82, 2.24) is 5.32 Å². The molecule has 0 saturated carbocycles. The van der Waals surface area contributed by atoms with Gasteiger partial charge in [0.1, 0.15) is 5.82 Å². The molecule has 116 valence electrons. The van der Waals surface area contributed by atoms with Gasteiger partial charge in [-0.3, -0.25) is 0 Å². The van der Waals surface area contributed by atoms with Gasteiger partial charge in [0.05, 0.1) is 19.8 Å². The zero-order valence-electron chi connectivity index (χ0n) is 12.9. The maximum absolute atomic E-state index is 13.2. The molecule has 1 atom stereocenters. The summed E-state index contributed by atoms with van der Waals surface area (Å²) in [4.78, 5) is 0. The van der Waals surface area contributed by atoms with Gasteiger partial charge in [-0.25, -0.2) is 4.39 Å². The molecule has 22 heavy (non-hydrogen) atoms. The minimum atomic E-state index is -0.218. The van der Waals surface area contributed by atoms with Crippen LogP contribution < -0.4 is 14.8 Å². The molecule has 1 N–H and O–H groups in total. The Labute approximate surface area is 130 Å². The molecule has 1 unspecified atom stereocenters. The van der Waals surface area contributed by atoms with Crippen LogP contribution in [0.15, 0.2) is 36.4 Å². The Hall–Kier alpha value is -2.07. The molecule has 0 saturated heterocycles. The monoisotopic (exact) mass is 301 g/mol. The largest absolute Gasteiger partial charge is 0.493 e. The highest BCUT2D eigenvalue weighted by atomic mass is 19.1. The third-order valence-corrected chi connectivity index (χ3v) is 3.98. The lowest BCUT2D eigenvalue weighted by molar-refractivity contribution is 0.309. The van der Waals surface area contributed by atoms with Crippen molar-refractivity contribution in [2.24, 2.45) is 0 Å². The molecule has 0 aromatic heterocycles. The Morgan fingerprint density at radius 3 is 2.64 bits per heavy atom. The Kier molecular flexibility index (Phi) is 4.29. The van der Waals surface area contributed by atoms with Gasteiger partial charge in [0, 0.05) is 6.54 Å². The predicted molar refractivity (Wildman–Crippen MR) is 84.1 cm³/mol. The second-order valence-electron chi connectivity index (χ2n) is 5.32. The first-order valence-electron chi connectivity index (χ1n) is 7.55. The van der Waals surface area contributed by atoms with E-state index in [0.29, 0.717) is 6.61 Å². The third-order valence-electron chi connectivity index (χ3n) is 3.98. The highest BCUT2D eigenvalue weighted by Gasteiger charge is 2.24. The van der Waals surface area contributed by atoms with Crippen LogP contribution in [0.3, 0.4) is 0 Å². The number of hydrogen-bond donors (Lipinski definition) is 1. The minimum absolute atomic E-state index is 0.0504. The van der Waals surface area contributed by atoms with E-state index in [-0.39, 0.29) is 11.9 Å². The van der Waals surface area contributed by atoms with Crippen molar-refractivity contribution in [3.05, 3.63) is 58.9 Å². The Morgan fingerprint density at radius 1 is 1.18 bits per heavy atom. The maximum Gasteiger partial charge on any atom is 0.161 e. The fraction of sp³-hybridized carbons (Fsp3) is 0.333. The van der Waals surface area contributed by atoms with Crippen LogP contribution in [-0.4, -0.2) is 20.3 Å². The number of ether oxygens (including phenoxy) is 2. The molecular weight excluding hydrogens is 281 g/mol. The fourth-order valence-electron chi connectivity index (χ4n) is 2.94. The number of fused-ring (bicyclic) bond motifs is 1. The van der Waals surface area contributed by atoms with Crippen molar-refractivity contribution in [3.8, 4) is 11.5 Å². The first-order chi connectivity index (χ1) is 10.7. The molecule has 0 amide bonds. The van der Waals surface area contributed by atoms with Crippen LogP contribution in [0.4, 0.5) is 4.39 Å². The highest BCUT2D eigenvalue weighted by Crippen LogP contribution is 2.37. The minimum Gasteiger partial charge on any atom is -0.493 e. The van der Waals surface area contributed by atoms with E-state index in [4.69, 9.17) is 9.47 Å². The van der Waals surface area contributed by atoms with Crippen LogP contribution in [0, 0.1) is 5.82 Å². The SMILES string of the molecule is CCOc1cc2c(cc1OC)CCNC2c1ccc(F)cc1. The van der Waals surface area contributed by atoms with Gasteiger partial charge >= 0.3 is 0 Å². The van der Waals surface area contributed by atoms with E-state index in [1.165, 1.54) is 23.3 Å². The summed E-state index contributed by atoms with van der Waals surface area (Å²) in [5.74, 6) is 1.30. The van der Waals surface area contributed by atoms with E-state index in [9.17, 15) is 4.39 Å². The van der Waals surface area contributed by atoms with Crippen molar-refractivity contribution >= 4 is 0 Å². The van der Waals surface area contributed by atoms with Gasteiger partial charge in [-0.15, -0.1) is 0 Å². The first kappa shape index (κ1) is 14.9. The first-order valence-corrected chi connectivity index (χ1v) is 7.55. The van der Waals surface area contributed by atoms with Gasteiger partial charge in [-0.1, -0.05) is 12.1 Å². The summed E-state index contributed by atoms with van der Waals surface area (Å²) in [5, 5.41) is 3.50. The molecule has 0 bridgehead atoms. The topological polar surface area (TPSA) is 30.5 Å². The molecular formula is C18H20FNO2. The van der Waals surface area contributed by atoms with Crippen molar-refractivity contribution in [1.29, 1.82) is 0 Å². The van der Waals surface area contributed by atoms with Gasteiger partial charge in [-0.2, -0.15) is 0 Å². The molecule has 3 nitrogen and oxygen atoms in total.